The van der Waals surface area contributed by atoms with E-state index in [1.165, 1.54) is 10.4 Å². The monoisotopic (exact) mass is 503 g/mol. The number of benzene rings is 1. The molecule has 1 aromatic rings. The van der Waals surface area contributed by atoms with Crippen molar-refractivity contribution in [3.63, 3.8) is 0 Å². The van der Waals surface area contributed by atoms with Gasteiger partial charge in [-0.2, -0.15) is 4.31 Å². The molecule has 194 valence electrons. The molecule has 2 amide bonds. The minimum Gasteiger partial charge on any atom is -0.349 e. The molecule has 2 N–H and O–H groups in total. The standard InChI is InChI=1S/C27H41N3O4S/c1-7-24(31)29-25-18(2)16-30(17-19(25)3)35(33,34)23-14-12-22(13-15-23)28-26(32)20-8-10-21(11-9-20)27(4,5)6/h7,12-15,18-21,25H,1,8-11,16-17H2,2-6H3,(H,28,32)(H,29,31). The Bertz CT molecular complexity index is 1010. The van der Waals surface area contributed by atoms with Crippen LogP contribution in [0.2, 0.25) is 0 Å². The molecule has 0 radical (unpaired) electrons. The summed E-state index contributed by atoms with van der Waals surface area (Å²) in [5.74, 6) is 0.338. The molecule has 0 bridgehead atoms. The normalized spacial score (nSPS) is 28.2. The van der Waals surface area contributed by atoms with Crippen molar-refractivity contribution >= 4 is 27.5 Å². The fourth-order valence-electron chi connectivity index (χ4n) is 5.53. The first-order valence-corrected chi connectivity index (χ1v) is 14.1. The van der Waals surface area contributed by atoms with Crippen LogP contribution in [0.5, 0.6) is 0 Å². The Hall–Kier alpha value is -2.19. The van der Waals surface area contributed by atoms with E-state index in [1.54, 1.807) is 24.3 Å². The molecule has 2 fully saturated rings. The molecule has 0 aromatic heterocycles. The molecule has 35 heavy (non-hydrogen) atoms. The molecular formula is C27H41N3O4S. The second-order valence-corrected chi connectivity index (χ2v) is 13.4. The van der Waals surface area contributed by atoms with Gasteiger partial charge in [0.1, 0.15) is 0 Å². The number of hydrogen-bond acceptors (Lipinski definition) is 4. The number of hydrogen-bond donors (Lipinski definition) is 2. The number of carbonyl (C=O) groups is 2. The van der Waals surface area contributed by atoms with E-state index < -0.39 is 10.0 Å². The molecule has 2 aliphatic rings. The van der Waals surface area contributed by atoms with E-state index in [-0.39, 0.29) is 45.9 Å². The van der Waals surface area contributed by atoms with Crippen molar-refractivity contribution < 1.29 is 18.0 Å². The van der Waals surface area contributed by atoms with Gasteiger partial charge >= 0.3 is 0 Å². The topological polar surface area (TPSA) is 95.6 Å². The van der Waals surface area contributed by atoms with Gasteiger partial charge in [-0.05, 0) is 79.2 Å². The molecule has 1 aliphatic heterocycles. The molecule has 2 unspecified atom stereocenters. The summed E-state index contributed by atoms with van der Waals surface area (Å²) in [7, 11) is -3.68. The predicted molar refractivity (Wildman–Crippen MR) is 139 cm³/mol. The van der Waals surface area contributed by atoms with Crippen LogP contribution in [-0.4, -0.2) is 43.7 Å². The summed E-state index contributed by atoms with van der Waals surface area (Å²) in [5, 5.41) is 5.89. The Kier molecular flexibility index (Phi) is 8.48. The quantitative estimate of drug-likeness (QED) is 0.562. The van der Waals surface area contributed by atoms with Crippen molar-refractivity contribution in [2.24, 2.45) is 29.1 Å². The molecule has 8 heteroatoms. The van der Waals surface area contributed by atoms with Gasteiger partial charge in [0.2, 0.25) is 21.8 Å². The fraction of sp³-hybridized carbons (Fsp3) is 0.630. The minimum atomic E-state index is -3.68. The SMILES string of the molecule is C=CC(=O)NC1C(C)CN(S(=O)(=O)c2ccc(NC(=O)C3CCC(C(C)(C)C)CC3)cc2)CC1C. The first-order chi connectivity index (χ1) is 16.3. The second-order valence-electron chi connectivity index (χ2n) is 11.4. The number of nitrogens with zero attached hydrogens (tertiary/aromatic N) is 1. The van der Waals surface area contributed by atoms with Gasteiger partial charge in [-0.3, -0.25) is 9.59 Å². The Balaban J connectivity index is 1.60. The number of sulfonamides is 1. The summed E-state index contributed by atoms with van der Waals surface area (Å²) in [5.41, 5.74) is 0.882. The summed E-state index contributed by atoms with van der Waals surface area (Å²) < 4.78 is 28.1. The van der Waals surface area contributed by atoms with Gasteiger partial charge in [-0.1, -0.05) is 41.2 Å². The van der Waals surface area contributed by atoms with Gasteiger partial charge < -0.3 is 10.6 Å². The number of nitrogens with one attached hydrogen (secondary N) is 2. The van der Waals surface area contributed by atoms with Crippen molar-refractivity contribution in [2.45, 2.75) is 71.2 Å². The van der Waals surface area contributed by atoms with Crippen LogP contribution in [0.25, 0.3) is 0 Å². The summed E-state index contributed by atoms with van der Waals surface area (Å²) in [6, 6.07) is 6.33. The number of rotatable bonds is 6. The van der Waals surface area contributed by atoms with E-state index in [1.807, 2.05) is 13.8 Å². The van der Waals surface area contributed by atoms with Crippen molar-refractivity contribution in [1.82, 2.24) is 9.62 Å². The van der Waals surface area contributed by atoms with E-state index in [4.69, 9.17) is 0 Å². The Morgan fingerprint density at radius 1 is 1.00 bits per heavy atom. The van der Waals surface area contributed by atoms with Gasteiger partial charge in [0, 0.05) is 30.7 Å². The number of anilines is 1. The van der Waals surface area contributed by atoms with Gasteiger partial charge in [0.15, 0.2) is 0 Å². The van der Waals surface area contributed by atoms with Crippen molar-refractivity contribution in [2.75, 3.05) is 18.4 Å². The Morgan fingerprint density at radius 3 is 2.03 bits per heavy atom. The van der Waals surface area contributed by atoms with Crippen molar-refractivity contribution in [3.05, 3.63) is 36.9 Å². The Labute approximate surface area is 210 Å². The average molecular weight is 504 g/mol. The highest BCUT2D eigenvalue weighted by Crippen LogP contribution is 2.40. The lowest BCUT2D eigenvalue weighted by Gasteiger charge is -2.40. The number of amides is 2. The zero-order chi connectivity index (χ0) is 26.0. The highest BCUT2D eigenvalue weighted by molar-refractivity contribution is 7.89. The highest BCUT2D eigenvalue weighted by Gasteiger charge is 2.38. The molecule has 0 spiro atoms. The van der Waals surface area contributed by atoms with Gasteiger partial charge in [-0.25, -0.2) is 8.42 Å². The average Bonchev–Trinajstić information content (AvgIpc) is 2.81. The molecule has 1 aromatic carbocycles. The van der Waals surface area contributed by atoms with E-state index >= 15 is 0 Å². The molecule has 1 heterocycles. The van der Waals surface area contributed by atoms with Crippen LogP contribution in [0.3, 0.4) is 0 Å². The number of piperidine rings is 1. The van der Waals surface area contributed by atoms with Crippen molar-refractivity contribution in [1.29, 1.82) is 0 Å². The van der Waals surface area contributed by atoms with Crippen LogP contribution >= 0.6 is 0 Å². The summed E-state index contributed by atoms with van der Waals surface area (Å²) in [6.07, 6.45) is 5.13. The van der Waals surface area contributed by atoms with Gasteiger partial charge in [0.25, 0.3) is 0 Å². The second kappa shape index (κ2) is 10.8. The van der Waals surface area contributed by atoms with Gasteiger partial charge in [-0.15, -0.1) is 0 Å². The minimum absolute atomic E-state index is 0.00265. The lowest BCUT2D eigenvalue weighted by molar-refractivity contribution is -0.121. The van der Waals surface area contributed by atoms with Crippen LogP contribution in [0.1, 0.15) is 60.3 Å². The maximum atomic E-state index is 13.3. The highest BCUT2D eigenvalue weighted by atomic mass is 32.2. The fourth-order valence-corrected chi connectivity index (χ4v) is 7.18. The maximum Gasteiger partial charge on any atom is 0.243 e. The number of carbonyl (C=O) groups excluding carboxylic acids is 2. The third-order valence-electron chi connectivity index (χ3n) is 7.79. The summed E-state index contributed by atoms with van der Waals surface area (Å²) in [6.45, 7) is 14.8. The van der Waals surface area contributed by atoms with Crippen LogP contribution in [0.4, 0.5) is 5.69 Å². The van der Waals surface area contributed by atoms with E-state index in [2.05, 4.69) is 38.0 Å². The molecule has 1 saturated heterocycles. The van der Waals surface area contributed by atoms with E-state index in [9.17, 15) is 18.0 Å². The Morgan fingerprint density at radius 2 is 1.54 bits per heavy atom. The summed E-state index contributed by atoms with van der Waals surface area (Å²) >= 11 is 0. The molecule has 1 aliphatic carbocycles. The van der Waals surface area contributed by atoms with Gasteiger partial charge in [0.05, 0.1) is 4.90 Å². The molecule has 7 nitrogen and oxygen atoms in total. The molecular weight excluding hydrogens is 462 g/mol. The van der Waals surface area contributed by atoms with Crippen LogP contribution in [0, 0.1) is 29.1 Å². The smallest absolute Gasteiger partial charge is 0.243 e. The largest absolute Gasteiger partial charge is 0.349 e. The molecule has 2 atom stereocenters. The molecule has 3 rings (SSSR count). The summed E-state index contributed by atoms with van der Waals surface area (Å²) in [4.78, 5) is 24.7. The zero-order valence-corrected chi connectivity index (χ0v) is 22.5. The predicted octanol–water partition coefficient (Wildman–Crippen LogP) is 4.42. The van der Waals surface area contributed by atoms with Crippen LogP contribution in [-0.2, 0) is 19.6 Å². The first kappa shape index (κ1) is 27.4. The zero-order valence-electron chi connectivity index (χ0n) is 21.7. The molecule has 1 saturated carbocycles. The van der Waals surface area contributed by atoms with Crippen LogP contribution < -0.4 is 10.6 Å². The lowest BCUT2D eigenvalue weighted by atomic mass is 9.69. The van der Waals surface area contributed by atoms with Crippen LogP contribution in [0.15, 0.2) is 41.8 Å². The van der Waals surface area contributed by atoms with Crippen molar-refractivity contribution in [3.8, 4) is 0 Å². The van der Waals surface area contributed by atoms with E-state index in [0.717, 1.165) is 25.7 Å². The first-order valence-electron chi connectivity index (χ1n) is 12.7. The third-order valence-corrected chi connectivity index (χ3v) is 9.63. The maximum absolute atomic E-state index is 13.3. The van der Waals surface area contributed by atoms with E-state index in [0.29, 0.717) is 24.7 Å². The third kappa shape index (κ3) is 6.53. The lowest BCUT2D eigenvalue weighted by Crippen LogP contribution is -2.55.